The zero-order valence-corrected chi connectivity index (χ0v) is 20.3. The average Bonchev–Trinajstić information content (AvgIpc) is 2.30. The fourth-order valence-corrected chi connectivity index (χ4v) is 21.4. The van der Waals surface area contributed by atoms with Gasteiger partial charge in [0.25, 0.3) is 0 Å². The van der Waals surface area contributed by atoms with E-state index in [9.17, 15) is 0 Å². The molecule has 0 unspecified atom stereocenters. The van der Waals surface area contributed by atoms with Crippen molar-refractivity contribution in [3.05, 3.63) is 24.5 Å². The van der Waals surface area contributed by atoms with Crippen LogP contribution in [0.15, 0.2) is 24.5 Å². The number of allylic oxidation sites excluding steroid dienone is 2. The lowest BCUT2D eigenvalue weighted by atomic mass is 10.3. The zero-order valence-electron chi connectivity index (χ0n) is 15.4. The first-order valence-electron chi connectivity index (χ1n) is 8.56. The normalized spacial score (nSPS) is 14.0. The Hall–Kier alpha value is 0.148. The van der Waals surface area contributed by atoms with Crippen molar-refractivity contribution in [3.63, 3.8) is 0 Å². The SMILES string of the molecule is C=C(C)C=COCCC[SiH2]C[Si](C)(C)C[SiH2]C[Si](C)(C)C. The molecule has 0 saturated carbocycles. The monoisotopic (exact) mass is 358 g/mol. The van der Waals surface area contributed by atoms with Crippen LogP contribution in [-0.2, 0) is 4.74 Å². The molecule has 0 saturated heterocycles. The highest BCUT2D eigenvalue weighted by Gasteiger charge is 2.21. The first-order chi connectivity index (χ1) is 9.62. The van der Waals surface area contributed by atoms with E-state index in [1.807, 2.05) is 13.0 Å². The topological polar surface area (TPSA) is 9.23 Å². The molecule has 0 fully saturated rings. The van der Waals surface area contributed by atoms with Gasteiger partial charge in [0, 0.05) is 35.2 Å². The quantitative estimate of drug-likeness (QED) is 0.220. The second-order valence-corrected chi connectivity index (χ2v) is 26.0. The first-order valence-corrected chi connectivity index (χ1v) is 19.7. The molecule has 0 bridgehead atoms. The minimum absolute atomic E-state index is 0.169. The summed E-state index contributed by atoms with van der Waals surface area (Å²) in [6, 6.07) is 1.47. The van der Waals surface area contributed by atoms with Crippen LogP contribution in [0.2, 0.25) is 55.8 Å². The lowest BCUT2D eigenvalue weighted by Crippen LogP contribution is -2.32. The second kappa shape index (κ2) is 10.8. The van der Waals surface area contributed by atoms with Gasteiger partial charge in [-0.2, -0.15) is 0 Å². The molecule has 0 spiro atoms. The summed E-state index contributed by atoms with van der Waals surface area (Å²) < 4.78 is 5.48. The van der Waals surface area contributed by atoms with Crippen LogP contribution < -0.4 is 0 Å². The minimum Gasteiger partial charge on any atom is -0.501 e. The maximum absolute atomic E-state index is 5.48. The lowest BCUT2D eigenvalue weighted by Gasteiger charge is -2.24. The van der Waals surface area contributed by atoms with Gasteiger partial charge in [-0.1, -0.05) is 67.9 Å². The van der Waals surface area contributed by atoms with Gasteiger partial charge in [-0.3, -0.25) is 0 Å². The number of hydrogen-bond acceptors (Lipinski definition) is 1. The predicted molar refractivity (Wildman–Crippen MR) is 112 cm³/mol. The molecule has 21 heavy (non-hydrogen) atoms. The molecular formula is C16H38OSi4. The Morgan fingerprint density at radius 2 is 1.67 bits per heavy atom. The third kappa shape index (κ3) is 16.3. The molecule has 0 aliphatic heterocycles. The Bertz CT molecular complexity index is 319. The van der Waals surface area contributed by atoms with Crippen molar-refractivity contribution < 1.29 is 4.74 Å². The molecule has 0 aromatic rings. The van der Waals surface area contributed by atoms with Gasteiger partial charge in [0.2, 0.25) is 0 Å². The van der Waals surface area contributed by atoms with Crippen LogP contribution >= 0.6 is 0 Å². The number of rotatable bonds is 12. The van der Waals surface area contributed by atoms with Crippen LogP contribution in [0.3, 0.4) is 0 Å². The van der Waals surface area contributed by atoms with E-state index in [2.05, 4.69) is 39.3 Å². The Kier molecular flexibility index (Phi) is 10.9. The highest BCUT2D eigenvalue weighted by molar-refractivity contribution is 6.92. The molecule has 0 rings (SSSR count). The summed E-state index contributed by atoms with van der Waals surface area (Å²) in [6.07, 6.45) is 4.99. The van der Waals surface area contributed by atoms with Gasteiger partial charge in [0.1, 0.15) is 0 Å². The Morgan fingerprint density at radius 3 is 2.24 bits per heavy atom. The van der Waals surface area contributed by atoms with Crippen molar-refractivity contribution in [1.29, 1.82) is 0 Å². The van der Waals surface area contributed by atoms with Crippen molar-refractivity contribution >= 4 is 35.2 Å². The minimum atomic E-state index is -0.814. The fourth-order valence-electron chi connectivity index (χ4n) is 2.42. The van der Waals surface area contributed by atoms with E-state index >= 15 is 0 Å². The highest BCUT2D eigenvalue weighted by atomic mass is 28.4. The van der Waals surface area contributed by atoms with Crippen molar-refractivity contribution in [1.82, 2.24) is 0 Å². The standard InChI is InChI=1S/C16H38OSi4/c1-16(2)9-11-17-10-8-12-18-14-21(6,7)15-19-13-20(3,4)5/h9,11H,1,8,10,12-15,18-19H2,2-7H3. The zero-order chi connectivity index (χ0) is 16.4. The molecule has 0 heterocycles. The van der Waals surface area contributed by atoms with Gasteiger partial charge in [-0.25, -0.2) is 0 Å². The lowest BCUT2D eigenvalue weighted by molar-refractivity contribution is 0.250. The maximum atomic E-state index is 5.48. The van der Waals surface area contributed by atoms with Crippen molar-refractivity contribution in [2.24, 2.45) is 0 Å². The van der Waals surface area contributed by atoms with E-state index in [-0.39, 0.29) is 19.0 Å². The molecule has 0 atom stereocenters. The summed E-state index contributed by atoms with van der Waals surface area (Å²) in [5, 5.41) is 0. The molecule has 0 radical (unpaired) electrons. The third-order valence-electron chi connectivity index (χ3n) is 3.84. The van der Waals surface area contributed by atoms with Gasteiger partial charge in [0.05, 0.1) is 12.9 Å². The van der Waals surface area contributed by atoms with Crippen LogP contribution in [0, 0.1) is 0 Å². The summed E-state index contributed by atoms with van der Waals surface area (Å²) in [5.74, 6) is 0. The summed E-state index contributed by atoms with van der Waals surface area (Å²) >= 11 is 0. The Morgan fingerprint density at radius 1 is 1.05 bits per heavy atom. The van der Waals surface area contributed by atoms with Crippen LogP contribution in [0.5, 0.6) is 0 Å². The Balaban J connectivity index is 3.59. The predicted octanol–water partition coefficient (Wildman–Crippen LogP) is 4.16. The largest absolute Gasteiger partial charge is 0.501 e. The van der Waals surface area contributed by atoms with E-state index in [0.717, 1.165) is 12.2 Å². The van der Waals surface area contributed by atoms with Crippen LogP contribution in [-0.4, -0.2) is 41.8 Å². The summed E-state index contributed by atoms with van der Waals surface area (Å²) in [6.45, 7) is 19.6. The maximum Gasteiger partial charge on any atom is 0.0870 e. The summed E-state index contributed by atoms with van der Waals surface area (Å²) in [7, 11) is -1.15. The van der Waals surface area contributed by atoms with Gasteiger partial charge in [-0.15, -0.1) is 0 Å². The molecule has 1 nitrogen and oxygen atoms in total. The van der Waals surface area contributed by atoms with E-state index in [0.29, 0.717) is 0 Å². The van der Waals surface area contributed by atoms with Crippen molar-refractivity contribution in [2.45, 2.75) is 69.1 Å². The smallest absolute Gasteiger partial charge is 0.0870 e. The molecule has 0 amide bonds. The fraction of sp³-hybridized carbons (Fsp3) is 0.750. The molecule has 0 aromatic carbocycles. The van der Waals surface area contributed by atoms with Crippen LogP contribution in [0.25, 0.3) is 0 Å². The van der Waals surface area contributed by atoms with E-state index in [4.69, 9.17) is 4.74 Å². The molecule has 0 aliphatic carbocycles. The van der Waals surface area contributed by atoms with Crippen LogP contribution in [0.4, 0.5) is 0 Å². The average molecular weight is 359 g/mol. The number of ether oxygens (including phenoxy) is 1. The molecule has 0 aliphatic rings. The second-order valence-electron chi connectivity index (χ2n) is 8.41. The number of hydrogen-bond donors (Lipinski definition) is 0. The van der Waals surface area contributed by atoms with E-state index < -0.39 is 16.1 Å². The van der Waals surface area contributed by atoms with Crippen molar-refractivity contribution in [3.8, 4) is 0 Å². The third-order valence-corrected chi connectivity index (χ3v) is 25.9. The van der Waals surface area contributed by atoms with Gasteiger partial charge >= 0.3 is 0 Å². The molecular weight excluding hydrogens is 321 g/mol. The van der Waals surface area contributed by atoms with E-state index in [1.165, 1.54) is 12.5 Å². The molecule has 0 N–H and O–H groups in total. The molecule has 5 heteroatoms. The van der Waals surface area contributed by atoms with Crippen LogP contribution in [0.1, 0.15) is 13.3 Å². The van der Waals surface area contributed by atoms with Gasteiger partial charge in [-0.05, 0) is 19.4 Å². The Labute approximate surface area is 140 Å². The van der Waals surface area contributed by atoms with E-state index in [1.54, 1.807) is 23.3 Å². The molecule has 124 valence electrons. The van der Waals surface area contributed by atoms with Gasteiger partial charge in [0.15, 0.2) is 0 Å². The molecule has 0 aromatic heterocycles. The van der Waals surface area contributed by atoms with Crippen molar-refractivity contribution in [2.75, 3.05) is 6.61 Å². The highest BCUT2D eigenvalue weighted by Crippen LogP contribution is 2.17. The summed E-state index contributed by atoms with van der Waals surface area (Å²) in [5.41, 5.74) is 6.07. The first kappa shape index (κ1) is 21.1. The van der Waals surface area contributed by atoms with Gasteiger partial charge < -0.3 is 4.74 Å². The summed E-state index contributed by atoms with van der Waals surface area (Å²) in [4.78, 5) is 0.